The molecule has 1 saturated heterocycles. The molecule has 5 rings (SSSR count). The SMILES string of the molecule is Cc1cc2ncccc2cc1Nc1ncc2c(n1)C1(CCOCC1)C(=O)N2C. The first-order valence-electron chi connectivity index (χ1n) is 9.44. The molecule has 28 heavy (non-hydrogen) atoms. The molecule has 1 spiro atoms. The third kappa shape index (κ3) is 2.46. The summed E-state index contributed by atoms with van der Waals surface area (Å²) in [6.07, 6.45) is 4.84. The lowest BCUT2D eigenvalue weighted by molar-refractivity contribution is -0.126. The summed E-state index contributed by atoms with van der Waals surface area (Å²) in [6, 6.07) is 8.04. The second kappa shape index (κ2) is 6.24. The number of likely N-dealkylation sites (N-methyl/N-ethyl adjacent to an activating group) is 1. The number of carbonyl (C=O) groups excluding carboxylic acids is 1. The number of aromatic nitrogens is 3. The van der Waals surface area contributed by atoms with E-state index >= 15 is 0 Å². The highest BCUT2D eigenvalue weighted by atomic mass is 16.5. The minimum absolute atomic E-state index is 0.0882. The van der Waals surface area contributed by atoms with Crippen molar-refractivity contribution in [2.24, 2.45) is 0 Å². The molecule has 4 heterocycles. The summed E-state index contributed by atoms with van der Waals surface area (Å²) in [5, 5.41) is 4.38. The number of nitrogens with one attached hydrogen (secondary N) is 1. The van der Waals surface area contributed by atoms with E-state index in [0.717, 1.165) is 33.5 Å². The molecule has 2 aliphatic heterocycles. The van der Waals surface area contributed by atoms with Gasteiger partial charge in [-0.05, 0) is 43.5 Å². The van der Waals surface area contributed by atoms with E-state index in [1.807, 2.05) is 25.1 Å². The van der Waals surface area contributed by atoms with E-state index in [9.17, 15) is 4.79 Å². The Balaban J connectivity index is 1.55. The van der Waals surface area contributed by atoms with Gasteiger partial charge < -0.3 is 15.0 Å². The summed E-state index contributed by atoms with van der Waals surface area (Å²) in [6.45, 7) is 3.17. The Morgan fingerprint density at radius 2 is 2.04 bits per heavy atom. The first-order valence-corrected chi connectivity index (χ1v) is 9.44. The van der Waals surface area contributed by atoms with Crippen LogP contribution in [-0.4, -0.2) is 41.1 Å². The predicted molar refractivity (Wildman–Crippen MR) is 107 cm³/mol. The molecule has 1 fully saturated rings. The van der Waals surface area contributed by atoms with Crippen LogP contribution in [0.25, 0.3) is 10.9 Å². The van der Waals surface area contributed by atoms with Gasteiger partial charge in [-0.3, -0.25) is 9.78 Å². The highest BCUT2D eigenvalue weighted by Crippen LogP contribution is 2.46. The number of hydrogen-bond donors (Lipinski definition) is 1. The summed E-state index contributed by atoms with van der Waals surface area (Å²) in [7, 11) is 1.79. The van der Waals surface area contributed by atoms with Gasteiger partial charge in [0.1, 0.15) is 0 Å². The maximum absolute atomic E-state index is 13.0. The number of carbonyl (C=O) groups is 1. The van der Waals surface area contributed by atoms with E-state index in [-0.39, 0.29) is 5.91 Å². The first-order chi connectivity index (χ1) is 13.6. The molecule has 3 aromatic rings. The molecule has 0 saturated carbocycles. The van der Waals surface area contributed by atoms with Crippen molar-refractivity contribution in [2.45, 2.75) is 25.2 Å². The van der Waals surface area contributed by atoms with Crippen LogP contribution in [0.2, 0.25) is 0 Å². The number of anilines is 3. The number of hydrogen-bond acceptors (Lipinski definition) is 6. The molecule has 0 unspecified atom stereocenters. The molecule has 1 N–H and O–H groups in total. The maximum Gasteiger partial charge on any atom is 0.239 e. The van der Waals surface area contributed by atoms with Gasteiger partial charge in [-0.25, -0.2) is 9.97 Å². The van der Waals surface area contributed by atoms with Gasteiger partial charge >= 0.3 is 0 Å². The molecule has 2 aromatic heterocycles. The standard InChI is InChI=1S/C21H21N5O2/c1-13-10-16-14(4-3-7-22-16)11-15(13)24-20-23-12-17-18(25-20)21(19(27)26(17)2)5-8-28-9-6-21/h3-4,7,10-12H,5-6,8-9H2,1-2H3,(H,23,24,25). The number of nitrogens with zero attached hydrogens (tertiary/aromatic N) is 4. The lowest BCUT2D eigenvalue weighted by Gasteiger charge is -2.31. The highest BCUT2D eigenvalue weighted by molar-refractivity contribution is 6.07. The van der Waals surface area contributed by atoms with Crippen LogP contribution in [-0.2, 0) is 14.9 Å². The average molecular weight is 375 g/mol. The van der Waals surface area contributed by atoms with Gasteiger partial charge in [0.15, 0.2) is 0 Å². The normalized spacial score (nSPS) is 17.9. The molecular formula is C21H21N5O2. The quantitative estimate of drug-likeness (QED) is 0.741. The van der Waals surface area contributed by atoms with Crippen molar-refractivity contribution in [3.8, 4) is 0 Å². The molecule has 0 radical (unpaired) electrons. The molecule has 7 heteroatoms. The molecule has 142 valence electrons. The Morgan fingerprint density at radius 3 is 2.86 bits per heavy atom. The topological polar surface area (TPSA) is 80.2 Å². The Kier molecular flexibility index (Phi) is 3.80. The van der Waals surface area contributed by atoms with Crippen molar-refractivity contribution in [2.75, 3.05) is 30.5 Å². The van der Waals surface area contributed by atoms with E-state index in [0.29, 0.717) is 32.0 Å². The lowest BCUT2D eigenvalue weighted by Crippen LogP contribution is -2.43. The van der Waals surface area contributed by atoms with Crippen LogP contribution in [0.15, 0.2) is 36.7 Å². The van der Waals surface area contributed by atoms with Gasteiger partial charge in [-0.2, -0.15) is 0 Å². The molecule has 1 aromatic carbocycles. The van der Waals surface area contributed by atoms with Crippen LogP contribution in [0.1, 0.15) is 24.1 Å². The molecule has 2 aliphatic rings. The van der Waals surface area contributed by atoms with Gasteiger partial charge in [0, 0.05) is 37.5 Å². The third-order valence-electron chi connectivity index (χ3n) is 5.84. The Bertz CT molecular complexity index is 1090. The molecule has 0 atom stereocenters. The molecule has 0 aliphatic carbocycles. The lowest BCUT2D eigenvalue weighted by atomic mass is 9.78. The van der Waals surface area contributed by atoms with Crippen LogP contribution < -0.4 is 10.2 Å². The van der Waals surface area contributed by atoms with Crippen LogP contribution in [0.3, 0.4) is 0 Å². The number of benzene rings is 1. The Morgan fingerprint density at radius 1 is 1.21 bits per heavy atom. The summed E-state index contributed by atoms with van der Waals surface area (Å²) in [5.41, 5.74) is 3.94. The number of aryl methyl sites for hydroxylation is 1. The second-order valence-electron chi connectivity index (χ2n) is 7.47. The first kappa shape index (κ1) is 17.1. The maximum atomic E-state index is 13.0. The molecule has 0 bridgehead atoms. The minimum atomic E-state index is -0.593. The fraction of sp³-hybridized carbons (Fsp3) is 0.333. The second-order valence-corrected chi connectivity index (χ2v) is 7.47. The zero-order chi connectivity index (χ0) is 19.3. The van der Waals surface area contributed by atoms with Gasteiger partial charge in [-0.15, -0.1) is 0 Å². The van der Waals surface area contributed by atoms with Crippen molar-refractivity contribution in [1.82, 2.24) is 15.0 Å². The average Bonchev–Trinajstić information content (AvgIpc) is 2.91. The zero-order valence-corrected chi connectivity index (χ0v) is 15.9. The summed E-state index contributed by atoms with van der Waals surface area (Å²) in [5.74, 6) is 0.587. The van der Waals surface area contributed by atoms with Crippen molar-refractivity contribution >= 4 is 34.1 Å². The third-order valence-corrected chi connectivity index (χ3v) is 5.84. The van der Waals surface area contributed by atoms with Gasteiger partial charge in [0.25, 0.3) is 0 Å². The van der Waals surface area contributed by atoms with E-state index < -0.39 is 5.41 Å². The summed E-state index contributed by atoms with van der Waals surface area (Å²) >= 11 is 0. The van der Waals surface area contributed by atoms with E-state index in [1.165, 1.54) is 0 Å². The summed E-state index contributed by atoms with van der Waals surface area (Å²) < 4.78 is 5.50. The van der Waals surface area contributed by atoms with Crippen molar-refractivity contribution in [3.05, 3.63) is 47.9 Å². The molecule has 1 amide bonds. The van der Waals surface area contributed by atoms with Crippen molar-refractivity contribution in [1.29, 1.82) is 0 Å². The van der Waals surface area contributed by atoms with E-state index in [1.54, 1.807) is 24.3 Å². The fourth-order valence-corrected chi connectivity index (χ4v) is 4.22. The van der Waals surface area contributed by atoms with Crippen LogP contribution in [0.4, 0.5) is 17.3 Å². The van der Waals surface area contributed by atoms with Gasteiger partial charge in [0.05, 0.1) is 28.5 Å². The van der Waals surface area contributed by atoms with Gasteiger partial charge in [0.2, 0.25) is 11.9 Å². The Hall–Kier alpha value is -3.06. The van der Waals surface area contributed by atoms with Crippen molar-refractivity contribution < 1.29 is 9.53 Å². The number of pyridine rings is 1. The minimum Gasteiger partial charge on any atom is -0.381 e. The van der Waals surface area contributed by atoms with Crippen LogP contribution in [0, 0.1) is 6.92 Å². The predicted octanol–water partition coefficient (Wildman–Crippen LogP) is 3.10. The monoisotopic (exact) mass is 375 g/mol. The van der Waals surface area contributed by atoms with Gasteiger partial charge in [-0.1, -0.05) is 6.07 Å². The Labute approximate surface area is 162 Å². The van der Waals surface area contributed by atoms with Crippen LogP contribution >= 0.6 is 0 Å². The number of rotatable bonds is 2. The highest BCUT2D eigenvalue weighted by Gasteiger charge is 2.52. The van der Waals surface area contributed by atoms with E-state index in [2.05, 4.69) is 21.4 Å². The number of ether oxygens (including phenoxy) is 1. The number of fused-ring (bicyclic) bond motifs is 3. The largest absolute Gasteiger partial charge is 0.381 e. The number of amides is 1. The zero-order valence-electron chi connectivity index (χ0n) is 15.9. The molecular weight excluding hydrogens is 354 g/mol. The van der Waals surface area contributed by atoms with E-state index in [4.69, 9.17) is 9.72 Å². The van der Waals surface area contributed by atoms with Crippen molar-refractivity contribution in [3.63, 3.8) is 0 Å². The smallest absolute Gasteiger partial charge is 0.239 e. The molecule has 7 nitrogen and oxygen atoms in total. The van der Waals surface area contributed by atoms with Crippen LogP contribution in [0.5, 0.6) is 0 Å². The fourth-order valence-electron chi connectivity index (χ4n) is 4.22. The summed E-state index contributed by atoms with van der Waals surface area (Å²) in [4.78, 5) is 28.3.